The van der Waals surface area contributed by atoms with Gasteiger partial charge in [-0.3, -0.25) is 14.3 Å². The molecule has 0 saturated carbocycles. The summed E-state index contributed by atoms with van der Waals surface area (Å²) in [5.74, 6) is 0.517. The molecule has 3 unspecified atom stereocenters. The molecule has 2 saturated heterocycles. The van der Waals surface area contributed by atoms with Crippen LogP contribution in [0, 0.1) is 6.92 Å². The number of hydrogen-bond donors (Lipinski definition) is 0. The van der Waals surface area contributed by atoms with Crippen molar-refractivity contribution in [3.05, 3.63) is 35.1 Å². The van der Waals surface area contributed by atoms with Gasteiger partial charge in [0.2, 0.25) is 5.91 Å². The van der Waals surface area contributed by atoms with Gasteiger partial charge in [-0.25, -0.2) is 0 Å². The van der Waals surface area contributed by atoms with Gasteiger partial charge in [0.1, 0.15) is 6.33 Å². The summed E-state index contributed by atoms with van der Waals surface area (Å²) >= 11 is 7.70. The summed E-state index contributed by atoms with van der Waals surface area (Å²) in [5.41, 5.74) is 1.91. The van der Waals surface area contributed by atoms with Gasteiger partial charge in [-0.15, -0.1) is 10.2 Å². The van der Waals surface area contributed by atoms with Gasteiger partial charge in [-0.1, -0.05) is 29.4 Å². The number of nitrogens with zero attached hydrogens (tertiary/aromatic N) is 5. The summed E-state index contributed by atoms with van der Waals surface area (Å²) in [6, 6.07) is 6.13. The first-order valence-electron chi connectivity index (χ1n) is 10.9. The fourth-order valence-corrected chi connectivity index (χ4v) is 5.52. The number of likely N-dealkylation sites (tertiary alicyclic amines) is 1. The maximum atomic E-state index is 13.1. The minimum absolute atomic E-state index is 0.165. The molecule has 7 nitrogen and oxygen atoms in total. The third-order valence-electron chi connectivity index (χ3n) is 5.94. The van der Waals surface area contributed by atoms with Gasteiger partial charge in [0.05, 0.1) is 23.6 Å². The maximum absolute atomic E-state index is 13.1. The minimum Gasteiger partial charge on any atom is -0.373 e. The normalized spacial score (nSPS) is 24.6. The van der Waals surface area contributed by atoms with E-state index in [0.717, 1.165) is 50.3 Å². The zero-order valence-corrected chi connectivity index (χ0v) is 19.9. The zero-order chi connectivity index (χ0) is 22.0. The van der Waals surface area contributed by atoms with Gasteiger partial charge in [-0.2, -0.15) is 0 Å². The molecular weight excluding hydrogens is 434 g/mol. The van der Waals surface area contributed by atoms with Crippen LogP contribution in [0.25, 0.3) is 5.69 Å². The van der Waals surface area contributed by atoms with Crippen LogP contribution in [0.5, 0.6) is 0 Å². The highest BCUT2D eigenvalue weighted by Gasteiger charge is 2.32. The molecule has 1 aromatic heterocycles. The molecule has 3 atom stereocenters. The van der Waals surface area contributed by atoms with Crippen LogP contribution in [0.3, 0.4) is 0 Å². The Morgan fingerprint density at radius 3 is 2.81 bits per heavy atom. The van der Waals surface area contributed by atoms with E-state index >= 15 is 0 Å². The molecule has 31 heavy (non-hydrogen) atoms. The van der Waals surface area contributed by atoms with Gasteiger partial charge in [0.25, 0.3) is 0 Å². The highest BCUT2D eigenvalue weighted by atomic mass is 35.5. The number of carbonyl (C=O) groups excluding carboxylic acids is 1. The van der Waals surface area contributed by atoms with Crippen LogP contribution in [0.15, 0.2) is 29.7 Å². The summed E-state index contributed by atoms with van der Waals surface area (Å²) in [7, 11) is 0. The van der Waals surface area contributed by atoms with Gasteiger partial charge in [0, 0.05) is 37.2 Å². The third-order valence-corrected chi connectivity index (χ3v) is 7.27. The Balaban J connectivity index is 1.36. The molecule has 0 spiro atoms. The van der Waals surface area contributed by atoms with Crippen LogP contribution in [0.2, 0.25) is 5.02 Å². The number of thioether (sulfide) groups is 1. The number of benzene rings is 1. The number of rotatable bonds is 6. The molecule has 168 valence electrons. The largest absolute Gasteiger partial charge is 0.373 e. The van der Waals surface area contributed by atoms with Gasteiger partial charge in [0.15, 0.2) is 5.16 Å². The van der Waals surface area contributed by atoms with E-state index in [4.69, 9.17) is 16.3 Å². The summed E-state index contributed by atoms with van der Waals surface area (Å²) < 4.78 is 7.72. The van der Waals surface area contributed by atoms with Gasteiger partial charge >= 0.3 is 0 Å². The van der Waals surface area contributed by atoms with Crippen molar-refractivity contribution in [2.75, 3.05) is 31.9 Å². The SMILES string of the molecule is Cc1ccc(-n2cnnc2SCC(=O)N2CCCC2CN2CC(C)OC(C)C2)cc1Cl. The van der Waals surface area contributed by atoms with E-state index in [-0.39, 0.29) is 24.2 Å². The second-order valence-corrected chi connectivity index (χ2v) is 9.91. The maximum Gasteiger partial charge on any atom is 0.233 e. The number of aromatic nitrogens is 3. The molecule has 0 aliphatic carbocycles. The van der Waals surface area contributed by atoms with Gasteiger partial charge in [-0.05, 0) is 51.3 Å². The molecule has 0 radical (unpaired) electrons. The number of halogens is 1. The molecule has 9 heteroatoms. The number of carbonyl (C=O) groups is 1. The molecule has 4 rings (SSSR count). The standard InChI is InChI=1S/C22H30ClN5O2S/c1-15-6-7-18(9-20(15)23)28-14-24-25-22(28)31-13-21(29)27-8-4-5-19(27)12-26-10-16(2)30-17(3)11-26/h6-7,9,14,16-17,19H,4-5,8,10-13H2,1-3H3. The molecular formula is C22H30ClN5O2S. The van der Waals surface area contributed by atoms with E-state index in [1.54, 1.807) is 6.33 Å². The molecule has 2 aliphatic heterocycles. The topological polar surface area (TPSA) is 63.5 Å². The van der Waals surface area contributed by atoms with E-state index < -0.39 is 0 Å². The molecule has 0 bridgehead atoms. The monoisotopic (exact) mass is 463 g/mol. The first-order valence-corrected chi connectivity index (χ1v) is 12.2. The van der Waals surface area contributed by atoms with Crippen LogP contribution in [-0.4, -0.2) is 80.7 Å². The van der Waals surface area contributed by atoms with Crippen LogP contribution >= 0.6 is 23.4 Å². The smallest absolute Gasteiger partial charge is 0.233 e. The lowest BCUT2D eigenvalue weighted by molar-refractivity contribution is -0.130. The second-order valence-electron chi connectivity index (χ2n) is 8.56. The van der Waals surface area contributed by atoms with E-state index in [0.29, 0.717) is 15.9 Å². The Hall–Kier alpha value is -1.61. The van der Waals surface area contributed by atoms with E-state index in [1.807, 2.05) is 29.7 Å². The fourth-order valence-electron chi connectivity index (χ4n) is 4.53. The average Bonchev–Trinajstić information content (AvgIpc) is 3.37. The predicted molar refractivity (Wildman–Crippen MR) is 123 cm³/mol. The molecule has 3 heterocycles. The zero-order valence-electron chi connectivity index (χ0n) is 18.3. The molecule has 2 aromatic rings. The Morgan fingerprint density at radius 1 is 1.29 bits per heavy atom. The van der Waals surface area contributed by atoms with Crippen LogP contribution in [0.4, 0.5) is 0 Å². The molecule has 0 N–H and O–H groups in total. The number of aryl methyl sites for hydroxylation is 1. The van der Waals surface area contributed by atoms with Crippen LogP contribution in [-0.2, 0) is 9.53 Å². The van der Waals surface area contributed by atoms with Crippen molar-refractivity contribution < 1.29 is 9.53 Å². The summed E-state index contributed by atoms with van der Waals surface area (Å²) in [5, 5.41) is 9.64. The first-order chi connectivity index (χ1) is 14.9. The highest BCUT2D eigenvalue weighted by Crippen LogP contribution is 2.26. The van der Waals surface area contributed by atoms with Gasteiger partial charge < -0.3 is 9.64 Å². The van der Waals surface area contributed by atoms with Crippen LogP contribution < -0.4 is 0 Å². The van der Waals surface area contributed by atoms with Crippen molar-refractivity contribution in [3.8, 4) is 5.69 Å². The highest BCUT2D eigenvalue weighted by molar-refractivity contribution is 7.99. The molecule has 1 amide bonds. The van der Waals surface area contributed by atoms with Crippen molar-refractivity contribution in [1.82, 2.24) is 24.6 Å². The lowest BCUT2D eigenvalue weighted by Gasteiger charge is -2.38. The Bertz CT molecular complexity index is 913. The van der Waals surface area contributed by atoms with Crippen molar-refractivity contribution in [2.45, 2.75) is 57.0 Å². The quantitative estimate of drug-likeness (QED) is 0.611. The number of amides is 1. The second kappa shape index (κ2) is 9.90. The fraction of sp³-hybridized carbons (Fsp3) is 0.591. The summed E-state index contributed by atoms with van der Waals surface area (Å²) in [6.07, 6.45) is 4.27. The van der Waals surface area contributed by atoms with E-state index in [2.05, 4.69) is 33.8 Å². The van der Waals surface area contributed by atoms with Crippen molar-refractivity contribution in [1.29, 1.82) is 0 Å². The average molecular weight is 464 g/mol. The third kappa shape index (κ3) is 5.42. The first kappa shape index (κ1) is 22.6. The van der Waals surface area contributed by atoms with E-state index in [9.17, 15) is 4.79 Å². The van der Waals surface area contributed by atoms with Crippen molar-refractivity contribution in [2.24, 2.45) is 0 Å². The Kier molecular flexibility index (Phi) is 7.21. The van der Waals surface area contributed by atoms with E-state index in [1.165, 1.54) is 11.8 Å². The molecule has 2 fully saturated rings. The lowest BCUT2D eigenvalue weighted by atomic mass is 10.1. The predicted octanol–water partition coefficient (Wildman–Crippen LogP) is 3.42. The number of morpholine rings is 1. The van der Waals surface area contributed by atoms with Crippen molar-refractivity contribution >= 4 is 29.3 Å². The molecule has 2 aliphatic rings. The lowest BCUT2D eigenvalue weighted by Crippen LogP contribution is -2.51. The Labute approximate surface area is 193 Å². The van der Waals surface area contributed by atoms with Crippen molar-refractivity contribution in [3.63, 3.8) is 0 Å². The Morgan fingerprint density at radius 2 is 2.06 bits per heavy atom. The minimum atomic E-state index is 0.165. The number of ether oxygens (including phenoxy) is 1. The summed E-state index contributed by atoms with van der Waals surface area (Å²) in [6.45, 7) is 9.83. The number of hydrogen-bond acceptors (Lipinski definition) is 6. The summed E-state index contributed by atoms with van der Waals surface area (Å²) in [4.78, 5) is 17.6. The van der Waals surface area contributed by atoms with Crippen LogP contribution in [0.1, 0.15) is 32.3 Å². The molecule has 1 aromatic carbocycles.